The van der Waals surface area contributed by atoms with E-state index in [1.807, 2.05) is 4.68 Å². The molecule has 1 amide bonds. The highest BCUT2D eigenvalue weighted by Gasteiger charge is 2.35. The third-order valence-electron chi connectivity index (χ3n) is 4.20. The van der Waals surface area contributed by atoms with Gasteiger partial charge in [-0.2, -0.15) is 5.10 Å². The summed E-state index contributed by atoms with van der Waals surface area (Å²) in [5, 5.41) is 14.2. The highest BCUT2D eigenvalue weighted by atomic mass is 16.3. The average Bonchev–Trinajstić information content (AvgIpc) is 3.16. The molecule has 3 rings (SSSR count). The summed E-state index contributed by atoms with van der Waals surface area (Å²) in [6.45, 7) is 5.39. The zero-order valence-corrected chi connectivity index (χ0v) is 12.2. The molecule has 0 aromatic carbocycles. The molecule has 1 saturated heterocycles. The molecule has 1 aromatic heterocycles. The van der Waals surface area contributed by atoms with E-state index in [-0.39, 0.29) is 18.1 Å². The number of β-amino-alcohol motifs (C(OH)–C–C–N with tert-alkyl or cyclic N) is 1. The summed E-state index contributed by atoms with van der Waals surface area (Å²) >= 11 is 0. The lowest BCUT2D eigenvalue weighted by molar-refractivity contribution is 0.0472. The number of carbonyl (C=O) groups is 1. The van der Waals surface area contributed by atoms with Crippen molar-refractivity contribution < 1.29 is 9.90 Å². The smallest absolute Gasteiger partial charge is 0.257 e. The van der Waals surface area contributed by atoms with Crippen molar-refractivity contribution in [2.75, 3.05) is 13.1 Å². The van der Waals surface area contributed by atoms with Crippen molar-refractivity contribution >= 4 is 5.91 Å². The predicted molar refractivity (Wildman–Crippen MR) is 75.7 cm³/mol. The lowest BCUT2D eigenvalue weighted by Gasteiger charge is -2.30. The predicted octanol–water partition coefficient (Wildman–Crippen LogP) is 1.94. The zero-order chi connectivity index (χ0) is 14.3. The van der Waals surface area contributed by atoms with E-state index in [1.54, 1.807) is 11.1 Å². The topological polar surface area (TPSA) is 58.4 Å². The first kappa shape index (κ1) is 13.6. The van der Waals surface area contributed by atoms with E-state index in [0.29, 0.717) is 12.5 Å². The first-order valence-corrected chi connectivity index (χ1v) is 7.62. The molecule has 0 bridgehead atoms. The van der Waals surface area contributed by atoms with Gasteiger partial charge in [0, 0.05) is 25.0 Å². The Morgan fingerprint density at radius 2 is 2.15 bits per heavy atom. The van der Waals surface area contributed by atoms with Crippen LogP contribution in [0.25, 0.3) is 0 Å². The van der Waals surface area contributed by atoms with Crippen LogP contribution >= 0.6 is 0 Å². The van der Waals surface area contributed by atoms with Crippen molar-refractivity contribution in [2.45, 2.75) is 57.6 Å². The van der Waals surface area contributed by atoms with Gasteiger partial charge in [0.25, 0.3) is 5.91 Å². The summed E-state index contributed by atoms with van der Waals surface area (Å²) in [7, 11) is 0. The number of likely N-dealkylation sites (tertiary alicyclic amines) is 1. The maximum atomic E-state index is 12.7. The zero-order valence-electron chi connectivity index (χ0n) is 12.2. The second kappa shape index (κ2) is 5.20. The Balaban J connectivity index is 1.87. The van der Waals surface area contributed by atoms with Gasteiger partial charge in [0.1, 0.15) is 0 Å². The quantitative estimate of drug-likeness (QED) is 0.918. The van der Waals surface area contributed by atoms with Crippen LogP contribution in [0, 0.1) is 0 Å². The van der Waals surface area contributed by atoms with Crippen LogP contribution in [0.2, 0.25) is 0 Å². The van der Waals surface area contributed by atoms with Crippen molar-refractivity contribution in [3.05, 3.63) is 17.5 Å². The van der Waals surface area contributed by atoms with E-state index in [1.165, 1.54) is 0 Å². The number of piperidine rings is 1. The Kier molecular flexibility index (Phi) is 3.54. The Hall–Kier alpha value is -1.36. The molecule has 0 spiro atoms. The summed E-state index contributed by atoms with van der Waals surface area (Å²) in [6.07, 6.45) is 5.32. The summed E-state index contributed by atoms with van der Waals surface area (Å²) in [4.78, 5) is 14.5. The van der Waals surface area contributed by atoms with Crippen LogP contribution in [-0.2, 0) is 0 Å². The van der Waals surface area contributed by atoms with Crippen LogP contribution in [0.1, 0.15) is 67.5 Å². The normalized spacial score (nSPS) is 23.4. The van der Waals surface area contributed by atoms with Crippen LogP contribution in [0.5, 0.6) is 0 Å². The fourth-order valence-electron chi connectivity index (χ4n) is 3.02. The third kappa shape index (κ3) is 2.46. The Bertz CT molecular complexity index is 505. The van der Waals surface area contributed by atoms with E-state index in [9.17, 15) is 9.90 Å². The van der Waals surface area contributed by atoms with Gasteiger partial charge in [0.15, 0.2) is 0 Å². The number of aromatic nitrogens is 2. The van der Waals surface area contributed by atoms with Gasteiger partial charge in [-0.3, -0.25) is 9.48 Å². The maximum absolute atomic E-state index is 12.7. The first-order valence-electron chi connectivity index (χ1n) is 7.62. The van der Waals surface area contributed by atoms with Gasteiger partial charge in [-0.15, -0.1) is 0 Å². The number of rotatable bonds is 3. The Morgan fingerprint density at radius 1 is 1.40 bits per heavy atom. The fourth-order valence-corrected chi connectivity index (χ4v) is 3.02. The third-order valence-corrected chi connectivity index (χ3v) is 4.20. The molecule has 110 valence electrons. The molecule has 2 fully saturated rings. The molecule has 5 nitrogen and oxygen atoms in total. The molecule has 1 atom stereocenters. The highest BCUT2D eigenvalue weighted by molar-refractivity contribution is 5.95. The SMILES string of the molecule is CC(C)n1ncc(C(=O)N2CCCC(O)C2)c1C1CC1. The molecule has 2 heterocycles. The number of aliphatic hydroxyl groups is 1. The van der Waals surface area contributed by atoms with Crippen molar-refractivity contribution in [3.63, 3.8) is 0 Å². The molecule has 1 aliphatic heterocycles. The fraction of sp³-hybridized carbons (Fsp3) is 0.733. The minimum atomic E-state index is -0.378. The second-order valence-electron chi connectivity index (χ2n) is 6.30. The summed E-state index contributed by atoms with van der Waals surface area (Å²) in [5.41, 5.74) is 1.85. The van der Waals surface area contributed by atoms with Crippen molar-refractivity contribution in [3.8, 4) is 0 Å². The van der Waals surface area contributed by atoms with Crippen LogP contribution in [0.3, 0.4) is 0 Å². The average molecular weight is 277 g/mol. The van der Waals surface area contributed by atoms with Gasteiger partial charge >= 0.3 is 0 Å². The van der Waals surface area contributed by atoms with Gasteiger partial charge < -0.3 is 10.0 Å². The summed E-state index contributed by atoms with van der Waals surface area (Å²) in [6, 6.07) is 0.277. The molecule has 5 heteroatoms. The molecule has 1 aliphatic carbocycles. The summed E-state index contributed by atoms with van der Waals surface area (Å²) < 4.78 is 1.99. The lowest BCUT2D eigenvalue weighted by Crippen LogP contribution is -2.42. The largest absolute Gasteiger partial charge is 0.391 e. The Labute approximate surface area is 119 Å². The minimum absolute atomic E-state index is 0.0394. The van der Waals surface area contributed by atoms with Gasteiger partial charge in [0.2, 0.25) is 0 Å². The number of aliphatic hydroxyl groups excluding tert-OH is 1. The van der Waals surface area contributed by atoms with Gasteiger partial charge in [-0.05, 0) is 39.5 Å². The maximum Gasteiger partial charge on any atom is 0.257 e. The molecule has 0 radical (unpaired) electrons. The molecule has 1 unspecified atom stereocenters. The minimum Gasteiger partial charge on any atom is -0.391 e. The molecule has 1 saturated carbocycles. The molecule has 1 N–H and O–H groups in total. The number of amides is 1. The molecule has 20 heavy (non-hydrogen) atoms. The Morgan fingerprint density at radius 3 is 2.75 bits per heavy atom. The van der Waals surface area contributed by atoms with Gasteiger partial charge in [-0.25, -0.2) is 0 Å². The van der Waals surface area contributed by atoms with Gasteiger partial charge in [0.05, 0.1) is 23.6 Å². The highest BCUT2D eigenvalue weighted by Crippen LogP contribution is 2.42. The van der Waals surface area contributed by atoms with E-state index < -0.39 is 0 Å². The van der Waals surface area contributed by atoms with E-state index in [0.717, 1.165) is 43.5 Å². The van der Waals surface area contributed by atoms with Crippen LogP contribution in [-0.4, -0.2) is 44.9 Å². The van der Waals surface area contributed by atoms with Crippen molar-refractivity contribution in [1.82, 2.24) is 14.7 Å². The number of hydrogen-bond donors (Lipinski definition) is 1. The number of hydrogen-bond acceptors (Lipinski definition) is 3. The molecular weight excluding hydrogens is 254 g/mol. The van der Waals surface area contributed by atoms with Crippen LogP contribution < -0.4 is 0 Å². The lowest BCUT2D eigenvalue weighted by atomic mass is 10.1. The van der Waals surface area contributed by atoms with Crippen molar-refractivity contribution in [2.24, 2.45) is 0 Å². The first-order chi connectivity index (χ1) is 9.58. The standard InChI is InChI=1S/C15H23N3O2/c1-10(2)18-14(11-5-6-11)13(8-16-18)15(20)17-7-3-4-12(19)9-17/h8,10-12,19H,3-7,9H2,1-2H3. The van der Waals surface area contributed by atoms with Crippen LogP contribution in [0.4, 0.5) is 0 Å². The van der Waals surface area contributed by atoms with E-state index >= 15 is 0 Å². The molecular formula is C15H23N3O2. The van der Waals surface area contributed by atoms with Crippen LogP contribution in [0.15, 0.2) is 6.20 Å². The second-order valence-corrected chi connectivity index (χ2v) is 6.30. The molecule has 2 aliphatic rings. The summed E-state index contributed by atoms with van der Waals surface area (Å²) in [5.74, 6) is 0.533. The van der Waals surface area contributed by atoms with E-state index in [4.69, 9.17) is 0 Å². The number of nitrogens with zero attached hydrogens (tertiary/aromatic N) is 3. The monoisotopic (exact) mass is 277 g/mol. The van der Waals surface area contributed by atoms with Gasteiger partial charge in [-0.1, -0.05) is 0 Å². The number of carbonyl (C=O) groups excluding carboxylic acids is 1. The molecule has 1 aromatic rings. The van der Waals surface area contributed by atoms with E-state index in [2.05, 4.69) is 18.9 Å². The van der Waals surface area contributed by atoms with Crippen molar-refractivity contribution in [1.29, 1.82) is 0 Å².